The van der Waals surface area contributed by atoms with Crippen LogP contribution < -0.4 is 0 Å². The van der Waals surface area contributed by atoms with E-state index in [0.717, 1.165) is 38.2 Å². The molecule has 1 saturated carbocycles. The average Bonchev–Trinajstić information content (AvgIpc) is 3.18. The Balaban J connectivity index is 1.63. The molecule has 0 aromatic carbocycles. The third-order valence-corrected chi connectivity index (χ3v) is 5.33. The Kier molecular flexibility index (Phi) is 4.84. The topological polar surface area (TPSA) is 38.1 Å². The largest absolute Gasteiger partial charge is 0.342 e. The van der Waals surface area contributed by atoms with E-state index in [1.807, 2.05) is 6.20 Å². The number of amides is 1. The number of rotatable bonds is 4. The van der Waals surface area contributed by atoms with E-state index < -0.39 is 0 Å². The first kappa shape index (κ1) is 15.6. The molecule has 0 unspecified atom stereocenters. The van der Waals surface area contributed by atoms with E-state index in [0.29, 0.717) is 23.8 Å². The van der Waals surface area contributed by atoms with Crippen LogP contribution >= 0.6 is 0 Å². The van der Waals surface area contributed by atoms with Gasteiger partial charge in [0.1, 0.15) is 5.82 Å². The van der Waals surface area contributed by atoms with Crippen molar-refractivity contribution in [2.45, 2.75) is 70.8 Å². The number of piperidine rings is 1. The molecule has 1 saturated heterocycles. The first-order valence-corrected chi connectivity index (χ1v) is 8.95. The molecule has 1 aliphatic carbocycles. The molecule has 1 aliphatic heterocycles. The summed E-state index contributed by atoms with van der Waals surface area (Å²) in [5.41, 5.74) is 0. The quantitative estimate of drug-likeness (QED) is 0.849. The second-order valence-corrected chi connectivity index (χ2v) is 7.32. The van der Waals surface area contributed by atoms with E-state index in [4.69, 9.17) is 0 Å². The van der Waals surface area contributed by atoms with Crippen LogP contribution in [0.2, 0.25) is 0 Å². The zero-order valence-corrected chi connectivity index (χ0v) is 14.0. The molecule has 0 spiro atoms. The van der Waals surface area contributed by atoms with Gasteiger partial charge in [-0.2, -0.15) is 0 Å². The highest BCUT2D eigenvalue weighted by atomic mass is 16.2. The van der Waals surface area contributed by atoms with Crippen molar-refractivity contribution in [1.82, 2.24) is 14.5 Å². The lowest BCUT2D eigenvalue weighted by Gasteiger charge is -2.33. The highest BCUT2D eigenvalue weighted by molar-refractivity contribution is 5.76. The molecular formula is C18H29N3O. The fourth-order valence-corrected chi connectivity index (χ4v) is 4.08. The molecule has 0 N–H and O–H groups in total. The molecule has 3 rings (SSSR count). The molecular weight excluding hydrogens is 274 g/mol. The lowest BCUT2D eigenvalue weighted by Crippen LogP contribution is -2.40. The van der Waals surface area contributed by atoms with Crippen LogP contribution in [0.3, 0.4) is 0 Å². The maximum Gasteiger partial charge on any atom is 0.222 e. The molecule has 4 heteroatoms. The minimum atomic E-state index is 0.374. The molecule has 4 nitrogen and oxygen atoms in total. The van der Waals surface area contributed by atoms with Crippen molar-refractivity contribution in [1.29, 1.82) is 0 Å². The minimum Gasteiger partial charge on any atom is -0.342 e. The van der Waals surface area contributed by atoms with Gasteiger partial charge in [-0.15, -0.1) is 0 Å². The summed E-state index contributed by atoms with van der Waals surface area (Å²) < 4.78 is 2.26. The number of hydrogen-bond acceptors (Lipinski definition) is 2. The van der Waals surface area contributed by atoms with E-state index in [1.165, 1.54) is 25.7 Å². The van der Waals surface area contributed by atoms with Gasteiger partial charge < -0.3 is 9.47 Å². The number of likely N-dealkylation sites (tertiary alicyclic amines) is 1. The summed E-state index contributed by atoms with van der Waals surface area (Å²) in [4.78, 5) is 19.3. The Bertz CT molecular complexity index is 502. The van der Waals surface area contributed by atoms with Gasteiger partial charge in [-0.05, 0) is 45.4 Å². The normalized spacial score (nSPS) is 23.4. The first-order valence-electron chi connectivity index (χ1n) is 8.95. The van der Waals surface area contributed by atoms with E-state index in [9.17, 15) is 4.79 Å². The van der Waals surface area contributed by atoms with Gasteiger partial charge in [0, 0.05) is 43.9 Å². The molecule has 0 bridgehead atoms. The summed E-state index contributed by atoms with van der Waals surface area (Å²) in [5, 5.41) is 0. The van der Waals surface area contributed by atoms with Crippen molar-refractivity contribution in [2.75, 3.05) is 13.1 Å². The summed E-state index contributed by atoms with van der Waals surface area (Å²) in [6.07, 6.45) is 12.1. The van der Waals surface area contributed by atoms with Crippen LogP contribution in [0.4, 0.5) is 0 Å². The van der Waals surface area contributed by atoms with E-state index in [-0.39, 0.29) is 0 Å². The van der Waals surface area contributed by atoms with Gasteiger partial charge in [0.15, 0.2) is 0 Å². The third-order valence-electron chi connectivity index (χ3n) is 5.33. The smallest absolute Gasteiger partial charge is 0.222 e. The standard InChI is InChI=1S/C18H29N3O/c1-14(2)21-11-9-19-18(21)16-8-5-10-20(13-16)17(22)12-15-6-3-4-7-15/h9,11,14-16H,3-8,10,12-13H2,1-2H3/t16-/m1/s1. The fraction of sp³-hybridized carbons (Fsp3) is 0.778. The number of aromatic nitrogens is 2. The van der Waals surface area contributed by atoms with Crippen LogP contribution in [0.25, 0.3) is 0 Å². The Hall–Kier alpha value is -1.32. The van der Waals surface area contributed by atoms with Gasteiger partial charge in [-0.3, -0.25) is 4.79 Å². The predicted octanol–water partition coefficient (Wildman–Crippen LogP) is 3.75. The SMILES string of the molecule is CC(C)n1ccnc1[C@@H]1CCCN(C(=O)CC2CCCC2)C1. The molecule has 0 radical (unpaired) electrons. The summed E-state index contributed by atoms with van der Waals surface area (Å²) in [5.74, 6) is 2.58. The summed E-state index contributed by atoms with van der Waals surface area (Å²) >= 11 is 0. The van der Waals surface area contributed by atoms with Crippen LogP contribution in [0, 0.1) is 5.92 Å². The van der Waals surface area contributed by atoms with Gasteiger partial charge in [0.2, 0.25) is 5.91 Å². The lowest BCUT2D eigenvalue weighted by atomic mass is 9.95. The van der Waals surface area contributed by atoms with Gasteiger partial charge in [-0.1, -0.05) is 12.8 Å². The molecule has 1 atom stereocenters. The predicted molar refractivity (Wildman–Crippen MR) is 87.7 cm³/mol. The van der Waals surface area contributed by atoms with E-state index >= 15 is 0 Å². The van der Waals surface area contributed by atoms with Gasteiger partial charge >= 0.3 is 0 Å². The van der Waals surface area contributed by atoms with Crippen LogP contribution in [0.15, 0.2) is 12.4 Å². The average molecular weight is 303 g/mol. The Morgan fingerprint density at radius 2 is 2.05 bits per heavy atom. The molecule has 122 valence electrons. The Morgan fingerprint density at radius 1 is 1.27 bits per heavy atom. The summed E-state index contributed by atoms with van der Waals surface area (Å²) in [6.45, 7) is 6.17. The third kappa shape index (κ3) is 3.36. The number of nitrogens with zero attached hydrogens (tertiary/aromatic N) is 3. The fourth-order valence-electron chi connectivity index (χ4n) is 4.08. The maximum atomic E-state index is 12.6. The van der Waals surface area contributed by atoms with Crippen molar-refractivity contribution >= 4 is 5.91 Å². The molecule has 2 aliphatic rings. The van der Waals surface area contributed by atoms with Crippen molar-refractivity contribution in [3.8, 4) is 0 Å². The summed E-state index contributed by atoms with van der Waals surface area (Å²) in [7, 11) is 0. The highest BCUT2D eigenvalue weighted by Gasteiger charge is 2.29. The van der Waals surface area contributed by atoms with Crippen LogP contribution in [-0.2, 0) is 4.79 Å². The van der Waals surface area contributed by atoms with Crippen molar-refractivity contribution in [3.63, 3.8) is 0 Å². The van der Waals surface area contributed by atoms with E-state index in [2.05, 4.69) is 34.5 Å². The summed E-state index contributed by atoms with van der Waals surface area (Å²) in [6, 6.07) is 0.432. The van der Waals surface area contributed by atoms with Crippen molar-refractivity contribution in [2.24, 2.45) is 5.92 Å². The molecule has 2 heterocycles. The number of carbonyl (C=O) groups excluding carboxylic acids is 1. The monoisotopic (exact) mass is 303 g/mol. The molecule has 2 fully saturated rings. The van der Waals surface area contributed by atoms with Gasteiger partial charge in [0.05, 0.1) is 0 Å². The molecule has 22 heavy (non-hydrogen) atoms. The van der Waals surface area contributed by atoms with Gasteiger partial charge in [-0.25, -0.2) is 4.98 Å². The van der Waals surface area contributed by atoms with E-state index in [1.54, 1.807) is 0 Å². The first-order chi connectivity index (χ1) is 10.6. The Labute approximate surface area is 133 Å². The molecule has 1 aromatic rings. The number of carbonyl (C=O) groups is 1. The highest BCUT2D eigenvalue weighted by Crippen LogP contribution is 2.31. The molecule has 1 aromatic heterocycles. The number of hydrogen-bond donors (Lipinski definition) is 0. The van der Waals surface area contributed by atoms with Crippen molar-refractivity contribution < 1.29 is 4.79 Å². The van der Waals surface area contributed by atoms with Crippen molar-refractivity contribution in [3.05, 3.63) is 18.2 Å². The Morgan fingerprint density at radius 3 is 2.77 bits per heavy atom. The lowest BCUT2D eigenvalue weighted by molar-refractivity contribution is -0.133. The van der Waals surface area contributed by atoms with Crippen LogP contribution in [0.5, 0.6) is 0 Å². The second-order valence-electron chi connectivity index (χ2n) is 7.32. The van der Waals surface area contributed by atoms with Crippen LogP contribution in [-0.4, -0.2) is 33.4 Å². The second kappa shape index (κ2) is 6.84. The zero-order valence-electron chi connectivity index (χ0n) is 14.0. The maximum absolute atomic E-state index is 12.6. The minimum absolute atomic E-state index is 0.374. The van der Waals surface area contributed by atoms with Crippen LogP contribution in [0.1, 0.15) is 76.6 Å². The van der Waals surface area contributed by atoms with Gasteiger partial charge in [0.25, 0.3) is 0 Å². The zero-order chi connectivity index (χ0) is 15.5. The molecule has 1 amide bonds. The number of imidazole rings is 1.